The molecule has 0 aliphatic heterocycles. The minimum Gasteiger partial charge on any atom is -0.340 e. The minimum atomic E-state index is -0.176. The highest BCUT2D eigenvalue weighted by Gasteiger charge is 2.09. The molecule has 0 aromatic carbocycles. The molecule has 0 spiro atoms. The summed E-state index contributed by atoms with van der Waals surface area (Å²) in [6.45, 7) is 2.09. The third kappa shape index (κ3) is 2.73. The van der Waals surface area contributed by atoms with Gasteiger partial charge in [-0.2, -0.15) is 5.10 Å². The average Bonchev–Trinajstić information content (AvgIpc) is 2.52. The second-order valence-corrected chi connectivity index (χ2v) is 3.36. The van der Waals surface area contributed by atoms with E-state index in [4.69, 9.17) is 0 Å². The number of amides is 1. The molecule has 1 amide bonds. The van der Waals surface area contributed by atoms with E-state index in [2.05, 4.69) is 27.4 Å². The van der Waals surface area contributed by atoms with Gasteiger partial charge in [-0.05, 0) is 29.5 Å². The minimum absolute atomic E-state index is 0.176. The van der Waals surface area contributed by atoms with Crippen molar-refractivity contribution in [3.05, 3.63) is 15.5 Å². The molecular formula is C8H8IN3O. The molecule has 13 heavy (non-hydrogen) atoms. The first kappa shape index (κ1) is 10.1. The Kier molecular flexibility index (Phi) is 3.76. The van der Waals surface area contributed by atoms with E-state index in [-0.39, 0.29) is 5.91 Å². The maximum Gasteiger partial charge on any atom is 0.271 e. The second-order valence-electron chi connectivity index (χ2n) is 2.20. The zero-order valence-electron chi connectivity index (χ0n) is 7.02. The SMILES string of the molecule is CC#CCNC(=O)c1[nH]ncc1I. The molecule has 5 heteroatoms. The van der Waals surface area contributed by atoms with Crippen molar-refractivity contribution in [2.75, 3.05) is 6.54 Å². The molecule has 4 nitrogen and oxygen atoms in total. The van der Waals surface area contributed by atoms with Crippen molar-refractivity contribution in [3.8, 4) is 11.8 Å². The van der Waals surface area contributed by atoms with Gasteiger partial charge in [-0.1, -0.05) is 5.92 Å². The summed E-state index contributed by atoms with van der Waals surface area (Å²) in [7, 11) is 0. The number of hydrogen-bond acceptors (Lipinski definition) is 2. The molecule has 1 aromatic heterocycles. The summed E-state index contributed by atoms with van der Waals surface area (Å²) in [5, 5.41) is 8.99. The topological polar surface area (TPSA) is 57.8 Å². The summed E-state index contributed by atoms with van der Waals surface area (Å²) in [6.07, 6.45) is 1.60. The maximum absolute atomic E-state index is 11.3. The molecule has 0 aliphatic carbocycles. The van der Waals surface area contributed by atoms with Gasteiger partial charge >= 0.3 is 0 Å². The van der Waals surface area contributed by atoms with Crippen molar-refractivity contribution in [1.82, 2.24) is 15.5 Å². The van der Waals surface area contributed by atoms with Gasteiger partial charge in [-0.15, -0.1) is 5.92 Å². The third-order valence-corrected chi connectivity index (χ3v) is 2.15. The molecule has 68 valence electrons. The van der Waals surface area contributed by atoms with E-state index in [1.54, 1.807) is 13.1 Å². The lowest BCUT2D eigenvalue weighted by atomic mass is 10.4. The van der Waals surface area contributed by atoms with E-state index in [1.807, 2.05) is 22.6 Å². The standard InChI is InChI=1S/C8H8IN3O/c1-2-3-4-10-8(13)7-6(9)5-11-12-7/h5H,4H2,1H3,(H,10,13)(H,11,12). The van der Waals surface area contributed by atoms with Crippen LogP contribution in [0.1, 0.15) is 17.4 Å². The first-order chi connectivity index (χ1) is 6.25. The number of nitrogens with zero attached hydrogens (tertiary/aromatic N) is 1. The molecular weight excluding hydrogens is 281 g/mol. The summed E-state index contributed by atoms with van der Waals surface area (Å²) in [5.74, 6) is 5.26. The van der Waals surface area contributed by atoms with E-state index in [1.165, 1.54) is 0 Å². The zero-order chi connectivity index (χ0) is 9.68. The van der Waals surface area contributed by atoms with Crippen molar-refractivity contribution in [2.24, 2.45) is 0 Å². The van der Waals surface area contributed by atoms with Crippen LogP contribution in [0.4, 0.5) is 0 Å². The van der Waals surface area contributed by atoms with E-state index in [0.717, 1.165) is 3.57 Å². The summed E-state index contributed by atoms with van der Waals surface area (Å²) < 4.78 is 0.805. The quantitative estimate of drug-likeness (QED) is 0.624. The van der Waals surface area contributed by atoms with Crippen molar-refractivity contribution in [2.45, 2.75) is 6.92 Å². The second kappa shape index (κ2) is 4.87. The fraction of sp³-hybridized carbons (Fsp3) is 0.250. The average molecular weight is 289 g/mol. The number of carbonyl (C=O) groups excluding carboxylic acids is 1. The normalized spacial score (nSPS) is 8.77. The Balaban J connectivity index is 2.57. The Bertz CT molecular complexity index is 361. The molecule has 1 aromatic rings. The Labute approximate surface area is 89.6 Å². The van der Waals surface area contributed by atoms with Gasteiger partial charge in [0.05, 0.1) is 16.3 Å². The number of aromatic nitrogens is 2. The molecule has 1 heterocycles. The number of aromatic amines is 1. The summed E-state index contributed by atoms with van der Waals surface area (Å²) in [4.78, 5) is 11.3. The number of rotatable bonds is 2. The van der Waals surface area contributed by atoms with Crippen LogP contribution in [0.5, 0.6) is 0 Å². The number of H-pyrrole nitrogens is 1. The largest absolute Gasteiger partial charge is 0.340 e. The Morgan fingerprint density at radius 3 is 3.15 bits per heavy atom. The Hall–Kier alpha value is -1.03. The van der Waals surface area contributed by atoms with Gasteiger partial charge in [0, 0.05) is 0 Å². The molecule has 2 N–H and O–H groups in total. The van der Waals surface area contributed by atoms with Crippen LogP contribution in [0.2, 0.25) is 0 Å². The van der Waals surface area contributed by atoms with E-state index >= 15 is 0 Å². The highest BCUT2D eigenvalue weighted by atomic mass is 127. The molecule has 0 unspecified atom stereocenters. The van der Waals surface area contributed by atoms with E-state index in [9.17, 15) is 4.79 Å². The molecule has 0 bridgehead atoms. The molecule has 0 atom stereocenters. The van der Waals surface area contributed by atoms with Crippen LogP contribution in [-0.2, 0) is 0 Å². The van der Waals surface area contributed by atoms with Gasteiger partial charge < -0.3 is 5.32 Å². The number of carbonyl (C=O) groups is 1. The third-order valence-electron chi connectivity index (χ3n) is 1.33. The van der Waals surface area contributed by atoms with Crippen LogP contribution in [0, 0.1) is 15.4 Å². The number of halogens is 1. The fourth-order valence-corrected chi connectivity index (χ4v) is 1.24. The summed E-state index contributed by atoms with van der Waals surface area (Å²) in [6, 6.07) is 0. The van der Waals surface area contributed by atoms with E-state index < -0.39 is 0 Å². The van der Waals surface area contributed by atoms with Crippen LogP contribution in [0.15, 0.2) is 6.20 Å². The van der Waals surface area contributed by atoms with E-state index in [0.29, 0.717) is 12.2 Å². The predicted octanol–water partition coefficient (Wildman–Crippen LogP) is 0.767. The highest BCUT2D eigenvalue weighted by molar-refractivity contribution is 14.1. The van der Waals surface area contributed by atoms with Gasteiger partial charge in [0.2, 0.25) is 0 Å². The molecule has 0 aliphatic rings. The summed E-state index contributed by atoms with van der Waals surface area (Å²) >= 11 is 2.04. The van der Waals surface area contributed by atoms with Gasteiger partial charge in [0.15, 0.2) is 0 Å². The van der Waals surface area contributed by atoms with Crippen molar-refractivity contribution in [1.29, 1.82) is 0 Å². The molecule has 1 rings (SSSR count). The number of hydrogen-bond donors (Lipinski definition) is 2. The first-order valence-corrected chi connectivity index (χ1v) is 4.70. The van der Waals surface area contributed by atoms with Gasteiger partial charge in [-0.3, -0.25) is 9.89 Å². The lowest BCUT2D eigenvalue weighted by Gasteiger charge is -1.97. The predicted molar refractivity (Wildman–Crippen MR) is 57.1 cm³/mol. The van der Waals surface area contributed by atoms with Gasteiger partial charge in [0.25, 0.3) is 5.91 Å². The highest BCUT2D eigenvalue weighted by Crippen LogP contribution is 2.06. The Morgan fingerprint density at radius 2 is 2.62 bits per heavy atom. The lowest BCUT2D eigenvalue weighted by molar-refractivity contribution is 0.0953. The van der Waals surface area contributed by atoms with Gasteiger partial charge in [-0.25, -0.2) is 0 Å². The van der Waals surface area contributed by atoms with Crippen molar-refractivity contribution in [3.63, 3.8) is 0 Å². The van der Waals surface area contributed by atoms with Crippen molar-refractivity contribution < 1.29 is 4.79 Å². The number of nitrogens with one attached hydrogen (secondary N) is 2. The maximum atomic E-state index is 11.3. The molecule has 0 fully saturated rings. The molecule has 0 saturated carbocycles. The van der Waals surface area contributed by atoms with Crippen LogP contribution in [-0.4, -0.2) is 22.6 Å². The smallest absolute Gasteiger partial charge is 0.271 e. The van der Waals surface area contributed by atoms with Crippen LogP contribution in [0.3, 0.4) is 0 Å². The Morgan fingerprint density at radius 1 is 1.85 bits per heavy atom. The fourth-order valence-electron chi connectivity index (χ4n) is 0.732. The monoisotopic (exact) mass is 289 g/mol. The van der Waals surface area contributed by atoms with Crippen LogP contribution >= 0.6 is 22.6 Å². The molecule has 0 saturated heterocycles. The zero-order valence-corrected chi connectivity index (χ0v) is 9.18. The first-order valence-electron chi connectivity index (χ1n) is 3.62. The van der Waals surface area contributed by atoms with Crippen LogP contribution < -0.4 is 5.32 Å². The van der Waals surface area contributed by atoms with Crippen LogP contribution in [0.25, 0.3) is 0 Å². The summed E-state index contributed by atoms with van der Waals surface area (Å²) in [5.41, 5.74) is 0.485. The van der Waals surface area contributed by atoms with Gasteiger partial charge in [0.1, 0.15) is 5.69 Å². The molecule has 0 radical (unpaired) electrons. The lowest BCUT2D eigenvalue weighted by Crippen LogP contribution is -2.24. The van der Waals surface area contributed by atoms with Crippen molar-refractivity contribution >= 4 is 28.5 Å².